The van der Waals surface area contributed by atoms with Crippen LogP contribution in [0.2, 0.25) is 0 Å². The second-order valence-electron chi connectivity index (χ2n) is 4.03. The van der Waals surface area contributed by atoms with Gasteiger partial charge in [0.05, 0.1) is 0 Å². The monoisotopic (exact) mass is 260 g/mol. The van der Waals surface area contributed by atoms with Crippen molar-refractivity contribution in [2.75, 3.05) is 11.5 Å². The maximum absolute atomic E-state index is 5.68. The van der Waals surface area contributed by atoms with E-state index in [1.54, 1.807) is 24.0 Å². The van der Waals surface area contributed by atoms with Gasteiger partial charge in [-0.05, 0) is 31.4 Å². The molecule has 0 amide bonds. The zero-order valence-corrected chi connectivity index (χ0v) is 11.2. The van der Waals surface area contributed by atoms with Crippen LogP contribution in [0.1, 0.15) is 17.7 Å². The van der Waals surface area contributed by atoms with Crippen LogP contribution in [-0.2, 0) is 6.42 Å². The number of nitrogen functional groups attached to an aromatic ring is 1. The van der Waals surface area contributed by atoms with Crippen LogP contribution >= 0.6 is 11.8 Å². The van der Waals surface area contributed by atoms with E-state index < -0.39 is 0 Å². The van der Waals surface area contributed by atoms with Gasteiger partial charge in [-0.15, -0.1) is 0 Å². The molecule has 2 aromatic heterocycles. The molecule has 18 heavy (non-hydrogen) atoms. The van der Waals surface area contributed by atoms with Crippen molar-refractivity contribution in [3.8, 4) is 0 Å². The van der Waals surface area contributed by atoms with Crippen LogP contribution in [-0.4, -0.2) is 20.7 Å². The van der Waals surface area contributed by atoms with Gasteiger partial charge in [0, 0.05) is 29.9 Å². The topological polar surface area (TPSA) is 64.7 Å². The minimum atomic E-state index is 0.539. The first kappa shape index (κ1) is 12.8. The number of hydrogen-bond acceptors (Lipinski definition) is 5. The third-order valence-corrected chi connectivity index (χ3v) is 3.35. The SMILES string of the molecule is Cc1cc(N)nc(SCCCc2cccnc2)n1. The van der Waals surface area contributed by atoms with Crippen LogP contribution in [0.15, 0.2) is 35.7 Å². The van der Waals surface area contributed by atoms with Gasteiger partial charge in [-0.1, -0.05) is 17.8 Å². The molecular formula is C13H16N4S. The predicted octanol–water partition coefficient (Wildman–Crippen LogP) is 2.49. The number of pyridine rings is 1. The van der Waals surface area contributed by atoms with E-state index in [0.717, 1.165) is 29.4 Å². The van der Waals surface area contributed by atoms with Crippen molar-refractivity contribution >= 4 is 17.6 Å². The minimum Gasteiger partial charge on any atom is -0.384 e. The standard InChI is InChI=1S/C13H16N4S/c1-10-8-12(14)17-13(16-10)18-7-3-5-11-4-2-6-15-9-11/h2,4,6,8-9H,3,5,7H2,1H3,(H2,14,16,17). The number of anilines is 1. The van der Waals surface area contributed by atoms with Crippen LogP contribution in [0.5, 0.6) is 0 Å². The van der Waals surface area contributed by atoms with Gasteiger partial charge in [0.25, 0.3) is 0 Å². The third-order valence-electron chi connectivity index (χ3n) is 2.42. The first-order valence-corrected chi connectivity index (χ1v) is 6.85. The van der Waals surface area contributed by atoms with Crippen molar-refractivity contribution in [2.24, 2.45) is 0 Å². The quantitative estimate of drug-likeness (QED) is 0.508. The van der Waals surface area contributed by atoms with E-state index in [1.165, 1.54) is 5.56 Å². The number of aromatic nitrogens is 3. The van der Waals surface area contributed by atoms with E-state index in [1.807, 2.05) is 19.2 Å². The van der Waals surface area contributed by atoms with E-state index in [-0.39, 0.29) is 0 Å². The van der Waals surface area contributed by atoms with Gasteiger partial charge in [0.2, 0.25) is 0 Å². The normalized spacial score (nSPS) is 10.5. The fourth-order valence-corrected chi connectivity index (χ4v) is 2.46. The van der Waals surface area contributed by atoms with E-state index in [2.05, 4.69) is 21.0 Å². The summed E-state index contributed by atoms with van der Waals surface area (Å²) in [5, 5.41) is 0.763. The summed E-state index contributed by atoms with van der Waals surface area (Å²) in [5.41, 5.74) is 7.86. The number of rotatable bonds is 5. The summed E-state index contributed by atoms with van der Waals surface area (Å²) in [7, 11) is 0. The molecule has 0 radical (unpaired) electrons. The highest BCUT2D eigenvalue weighted by Gasteiger charge is 2.01. The van der Waals surface area contributed by atoms with Gasteiger partial charge < -0.3 is 5.73 Å². The molecule has 0 aliphatic heterocycles. The highest BCUT2D eigenvalue weighted by atomic mass is 32.2. The molecule has 0 saturated heterocycles. The Hall–Kier alpha value is -1.62. The number of aryl methyl sites for hydroxylation is 2. The molecule has 4 nitrogen and oxygen atoms in total. The number of hydrogen-bond donors (Lipinski definition) is 1. The van der Waals surface area contributed by atoms with Gasteiger partial charge >= 0.3 is 0 Å². The highest BCUT2D eigenvalue weighted by Crippen LogP contribution is 2.16. The van der Waals surface area contributed by atoms with Crippen molar-refractivity contribution in [1.29, 1.82) is 0 Å². The zero-order valence-electron chi connectivity index (χ0n) is 10.3. The maximum Gasteiger partial charge on any atom is 0.189 e. The van der Waals surface area contributed by atoms with E-state index in [9.17, 15) is 0 Å². The van der Waals surface area contributed by atoms with Crippen LogP contribution in [0.25, 0.3) is 0 Å². The Morgan fingerprint density at radius 1 is 1.33 bits per heavy atom. The number of thioether (sulfide) groups is 1. The highest BCUT2D eigenvalue weighted by molar-refractivity contribution is 7.99. The Morgan fingerprint density at radius 3 is 2.94 bits per heavy atom. The summed E-state index contributed by atoms with van der Waals surface area (Å²) in [6.07, 6.45) is 5.81. The van der Waals surface area contributed by atoms with Crippen molar-refractivity contribution < 1.29 is 0 Å². The van der Waals surface area contributed by atoms with Crippen LogP contribution in [0, 0.1) is 6.92 Å². The Labute approximate surface area is 111 Å². The van der Waals surface area contributed by atoms with Crippen LogP contribution < -0.4 is 5.73 Å². The fourth-order valence-electron chi connectivity index (χ4n) is 1.62. The molecule has 2 aromatic rings. The summed E-state index contributed by atoms with van der Waals surface area (Å²) >= 11 is 1.65. The van der Waals surface area contributed by atoms with Crippen molar-refractivity contribution in [3.05, 3.63) is 41.9 Å². The minimum absolute atomic E-state index is 0.539. The maximum atomic E-state index is 5.68. The Morgan fingerprint density at radius 2 is 2.22 bits per heavy atom. The second-order valence-corrected chi connectivity index (χ2v) is 5.09. The predicted molar refractivity (Wildman–Crippen MR) is 74.5 cm³/mol. The van der Waals surface area contributed by atoms with E-state index in [4.69, 9.17) is 5.73 Å². The van der Waals surface area contributed by atoms with Gasteiger partial charge in [-0.2, -0.15) is 0 Å². The van der Waals surface area contributed by atoms with Gasteiger partial charge in [-0.25, -0.2) is 9.97 Å². The molecule has 0 bridgehead atoms. The summed E-state index contributed by atoms with van der Waals surface area (Å²) in [6, 6.07) is 5.84. The molecule has 0 aromatic carbocycles. The molecule has 2 rings (SSSR count). The second kappa shape index (κ2) is 6.35. The summed E-state index contributed by atoms with van der Waals surface area (Å²) < 4.78 is 0. The molecule has 0 spiro atoms. The zero-order chi connectivity index (χ0) is 12.8. The molecule has 94 valence electrons. The fraction of sp³-hybridized carbons (Fsp3) is 0.308. The average Bonchev–Trinajstić information content (AvgIpc) is 2.35. The van der Waals surface area contributed by atoms with Crippen molar-refractivity contribution in [1.82, 2.24) is 15.0 Å². The summed E-state index contributed by atoms with van der Waals surface area (Å²) in [6.45, 7) is 1.93. The Bertz CT molecular complexity index is 481. The molecule has 5 heteroatoms. The molecular weight excluding hydrogens is 244 g/mol. The average molecular weight is 260 g/mol. The molecule has 0 fully saturated rings. The number of nitrogens with zero attached hydrogens (tertiary/aromatic N) is 3. The lowest BCUT2D eigenvalue weighted by molar-refractivity contribution is 0.906. The van der Waals surface area contributed by atoms with Crippen molar-refractivity contribution in [3.63, 3.8) is 0 Å². The smallest absolute Gasteiger partial charge is 0.189 e. The van der Waals surface area contributed by atoms with E-state index in [0.29, 0.717) is 5.82 Å². The lowest BCUT2D eigenvalue weighted by atomic mass is 10.2. The van der Waals surface area contributed by atoms with Crippen LogP contribution in [0.3, 0.4) is 0 Å². The number of nitrogens with two attached hydrogens (primary N) is 1. The lowest BCUT2D eigenvalue weighted by Gasteiger charge is -2.03. The van der Waals surface area contributed by atoms with Crippen molar-refractivity contribution in [2.45, 2.75) is 24.9 Å². The van der Waals surface area contributed by atoms with Gasteiger partial charge in [0.1, 0.15) is 5.82 Å². The molecule has 0 saturated carbocycles. The Kier molecular flexibility index (Phi) is 4.52. The molecule has 2 heterocycles. The van der Waals surface area contributed by atoms with Gasteiger partial charge in [0.15, 0.2) is 5.16 Å². The lowest BCUT2D eigenvalue weighted by Crippen LogP contribution is -1.97. The van der Waals surface area contributed by atoms with E-state index >= 15 is 0 Å². The first-order chi connectivity index (χ1) is 8.74. The molecule has 0 unspecified atom stereocenters. The van der Waals surface area contributed by atoms with Crippen LogP contribution in [0.4, 0.5) is 5.82 Å². The third kappa shape index (κ3) is 4.00. The largest absolute Gasteiger partial charge is 0.384 e. The summed E-state index contributed by atoms with van der Waals surface area (Å²) in [4.78, 5) is 12.6. The molecule has 0 atom stereocenters. The Balaban J connectivity index is 1.78. The molecule has 0 aliphatic rings. The summed E-state index contributed by atoms with van der Waals surface area (Å²) in [5.74, 6) is 1.52. The first-order valence-electron chi connectivity index (χ1n) is 5.87. The molecule has 0 aliphatic carbocycles. The molecule has 2 N–H and O–H groups in total. The van der Waals surface area contributed by atoms with Gasteiger partial charge in [-0.3, -0.25) is 4.98 Å².